The molecule has 1 saturated heterocycles. The summed E-state index contributed by atoms with van der Waals surface area (Å²) in [5, 5.41) is 35.5. The average molecular weight is 538 g/mol. The molecular formula is C29H31NO9. The molecule has 4 N–H and O–H groups in total. The monoisotopic (exact) mass is 537 g/mol. The molecule has 1 fully saturated rings. The number of aromatic hydroxyl groups is 1. The summed E-state index contributed by atoms with van der Waals surface area (Å²) in [5.74, 6) is -6.31. The summed E-state index contributed by atoms with van der Waals surface area (Å²) in [6.45, 7) is 6.06. The first-order valence-electron chi connectivity index (χ1n) is 12.8. The van der Waals surface area contributed by atoms with Gasteiger partial charge in [-0.05, 0) is 57.2 Å². The first-order chi connectivity index (χ1) is 18.3. The Morgan fingerprint density at radius 1 is 1.13 bits per heavy atom. The molecule has 0 unspecified atom stereocenters. The number of cyclic esters (lactones) is 1. The molecule has 0 aromatic heterocycles. The minimum atomic E-state index is -2.18. The SMILES string of the molecule is CC[C@@H]1/C=C\[C@@H]([C@@H](C)O)OC(=O)C(=O)/C(C)=C\[C@@H]2C(=O)NC3=CC(=O)c4c(cc(C)c(O)c4C(=O)CC1)[C@]32O. The smallest absolute Gasteiger partial charge is 0.379 e. The van der Waals surface area contributed by atoms with E-state index in [4.69, 9.17) is 4.74 Å². The van der Waals surface area contributed by atoms with Crippen LogP contribution in [0.3, 0.4) is 0 Å². The van der Waals surface area contributed by atoms with Crippen LogP contribution in [0.2, 0.25) is 0 Å². The Kier molecular flexibility index (Phi) is 7.46. The number of amides is 1. The molecular weight excluding hydrogens is 506 g/mol. The third-order valence-electron chi connectivity index (χ3n) is 7.62. The van der Waals surface area contributed by atoms with E-state index in [1.54, 1.807) is 6.08 Å². The van der Waals surface area contributed by atoms with Crippen molar-refractivity contribution in [3.63, 3.8) is 0 Å². The molecule has 2 aliphatic heterocycles. The molecule has 1 aromatic carbocycles. The summed E-state index contributed by atoms with van der Waals surface area (Å²) in [5.41, 5.74) is -2.82. The fourth-order valence-electron chi connectivity index (χ4n) is 5.26. The molecule has 1 aromatic rings. The van der Waals surface area contributed by atoms with E-state index in [0.29, 0.717) is 12.8 Å². The Morgan fingerprint density at radius 2 is 1.82 bits per heavy atom. The number of allylic oxidation sites excluding steroid dienone is 2. The Morgan fingerprint density at radius 3 is 2.46 bits per heavy atom. The minimum Gasteiger partial charge on any atom is -0.507 e. The van der Waals surface area contributed by atoms with Crippen LogP contribution in [0, 0.1) is 18.8 Å². The number of aliphatic hydroxyl groups excluding tert-OH is 1. The molecule has 4 bridgehead atoms. The highest BCUT2D eigenvalue weighted by atomic mass is 16.6. The van der Waals surface area contributed by atoms with Gasteiger partial charge in [-0.1, -0.05) is 19.1 Å². The summed E-state index contributed by atoms with van der Waals surface area (Å²) in [4.78, 5) is 65.3. The number of aliphatic hydroxyl groups is 2. The fourth-order valence-corrected chi connectivity index (χ4v) is 5.26. The third kappa shape index (κ3) is 4.74. The molecule has 10 nitrogen and oxygen atoms in total. The lowest BCUT2D eigenvalue weighted by molar-refractivity contribution is -0.157. The standard InChI is InChI=1S/C29H31NO9/c1-5-16-6-8-19(32)24-23-17(10-13(2)25(24)34)29(38)18(27(36)30-22(29)12-20(23)33)11-14(3)26(35)28(37)39-21(9-7-16)15(4)31/h7,9-12,15-16,18,21,31,34,38H,5-6,8H2,1-4H3,(H,30,36)/b9-7-,14-11-/t15-,16+,18-,21+,29-/m1/s1. The summed E-state index contributed by atoms with van der Waals surface area (Å²) in [6, 6.07) is 1.35. The van der Waals surface area contributed by atoms with E-state index < -0.39 is 58.7 Å². The van der Waals surface area contributed by atoms with Gasteiger partial charge in [-0.25, -0.2) is 4.79 Å². The van der Waals surface area contributed by atoms with E-state index in [9.17, 15) is 39.3 Å². The van der Waals surface area contributed by atoms with Gasteiger partial charge in [0, 0.05) is 29.2 Å². The Bertz CT molecular complexity index is 1380. The van der Waals surface area contributed by atoms with Crippen LogP contribution in [-0.4, -0.2) is 56.8 Å². The second-order valence-corrected chi connectivity index (χ2v) is 10.3. The minimum absolute atomic E-state index is 0.0588. The molecule has 1 amide bonds. The number of ketones is 3. The van der Waals surface area contributed by atoms with Crippen molar-refractivity contribution in [1.82, 2.24) is 5.32 Å². The number of hydrogen-bond donors (Lipinski definition) is 4. The quantitative estimate of drug-likeness (QED) is 0.251. The van der Waals surface area contributed by atoms with Gasteiger partial charge >= 0.3 is 5.97 Å². The van der Waals surface area contributed by atoms with Crippen LogP contribution >= 0.6 is 0 Å². The van der Waals surface area contributed by atoms with Gasteiger partial charge in [0.05, 0.1) is 23.3 Å². The highest BCUT2D eigenvalue weighted by molar-refractivity contribution is 6.40. The predicted octanol–water partition coefficient (Wildman–Crippen LogP) is 2.08. The molecule has 0 saturated carbocycles. The van der Waals surface area contributed by atoms with Crippen molar-refractivity contribution in [3.05, 3.63) is 63.9 Å². The highest BCUT2D eigenvalue weighted by Gasteiger charge is 2.55. The number of ether oxygens (including phenoxy) is 1. The molecule has 3 aliphatic rings. The number of rotatable bonds is 2. The number of nitrogens with one attached hydrogen (secondary N) is 1. The Hall–Kier alpha value is -3.89. The van der Waals surface area contributed by atoms with Crippen molar-refractivity contribution in [2.45, 2.75) is 64.8 Å². The zero-order valence-electron chi connectivity index (χ0n) is 22.1. The van der Waals surface area contributed by atoms with E-state index in [1.165, 1.54) is 32.9 Å². The normalized spacial score (nSPS) is 30.5. The number of carbonyl (C=O) groups excluding carboxylic acids is 5. The molecule has 4 rings (SSSR count). The average Bonchev–Trinajstić information content (AvgIpc) is 3.12. The van der Waals surface area contributed by atoms with E-state index in [2.05, 4.69) is 5.32 Å². The van der Waals surface area contributed by atoms with Crippen molar-refractivity contribution in [2.75, 3.05) is 0 Å². The lowest BCUT2D eigenvalue weighted by atomic mass is 9.72. The van der Waals surface area contributed by atoms with Crippen LogP contribution in [0.5, 0.6) is 5.75 Å². The number of aryl methyl sites for hydroxylation is 1. The third-order valence-corrected chi connectivity index (χ3v) is 7.62. The molecule has 0 spiro atoms. The van der Waals surface area contributed by atoms with Gasteiger partial charge in [-0.3, -0.25) is 19.2 Å². The molecule has 206 valence electrons. The summed E-state index contributed by atoms with van der Waals surface area (Å²) in [7, 11) is 0. The van der Waals surface area contributed by atoms with Gasteiger partial charge in [0.15, 0.2) is 11.6 Å². The second kappa shape index (κ2) is 10.3. The van der Waals surface area contributed by atoms with Gasteiger partial charge in [0.1, 0.15) is 17.5 Å². The number of phenols is 1. The maximum absolute atomic E-state index is 13.5. The number of benzene rings is 1. The molecule has 10 heteroatoms. The lowest BCUT2D eigenvalue weighted by Crippen LogP contribution is -2.39. The van der Waals surface area contributed by atoms with E-state index in [0.717, 1.165) is 12.2 Å². The van der Waals surface area contributed by atoms with Gasteiger partial charge in [0.2, 0.25) is 5.91 Å². The van der Waals surface area contributed by atoms with Gasteiger partial charge < -0.3 is 25.4 Å². The van der Waals surface area contributed by atoms with Crippen LogP contribution in [0.4, 0.5) is 0 Å². The second-order valence-electron chi connectivity index (χ2n) is 10.3. The Labute approximate surface area is 225 Å². The number of phenolic OH excluding ortho intramolecular Hbond substituents is 1. The summed E-state index contributed by atoms with van der Waals surface area (Å²) >= 11 is 0. The van der Waals surface area contributed by atoms with Crippen LogP contribution in [0.1, 0.15) is 71.9 Å². The van der Waals surface area contributed by atoms with Crippen LogP contribution in [-0.2, 0) is 24.7 Å². The van der Waals surface area contributed by atoms with Crippen molar-refractivity contribution in [3.8, 4) is 5.75 Å². The first-order valence-corrected chi connectivity index (χ1v) is 12.8. The molecule has 39 heavy (non-hydrogen) atoms. The largest absolute Gasteiger partial charge is 0.507 e. The Balaban J connectivity index is 1.96. The predicted molar refractivity (Wildman–Crippen MR) is 138 cm³/mol. The molecule has 0 radical (unpaired) electrons. The molecule has 5 atom stereocenters. The van der Waals surface area contributed by atoms with E-state index >= 15 is 0 Å². The van der Waals surface area contributed by atoms with Gasteiger partial charge in [-0.2, -0.15) is 0 Å². The summed E-state index contributed by atoms with van der Waals surface area (Å²) < 4.78 is 5.25. The zero-order chi connectivity index (χ0) is 28.8. The van der Waals surface area contributed by atoms with Crippen molar-refractivity contribution < 1.29 is 44.0 Å². The highest BCUT2D eigenvalue weighted by Crippen LogP contribution is 2.49. The fraction of sp³-hybridized carbons (Fsp3) is 0.414. The first kappa shape index (κ1) is 28.1. The molecule has 1 aliphatic carbocycles. The van der Waals surface area contributed by atoms with Crippen LogP contribution in [0.15, 0.2) is 41.6 Å². The number of hydrogen-bond acceptors (Lipinski definition) is 9. The number of Topliss-reactive ketones (excluding diaryl/α,β-unsaturated/α-hetero) is 2. The van der Waals surface area contributed by atoms with E-state index in [1.807, 2.05) is 6.92 Å². The number of carbonyl (C=O) groups is 5. The van der Waals surface area contributed by atoms with Crippen molar-refractivity contribution >= 4 is 29.2 Å². The summed E-state index contributed by atoms with van der Waals surface area (Å²) in [6.07, 6.45) is 3.79. The lowest BCUT2D eigenvalue weighted by Gasteiger charge is -2.34. The van der Waals surface area contributed by atoms with Crippen LogP contribution < -0.4 is 5.32 Å². The topological polar surface area (TPSA) is 167 Å². The maximum Gasteiger partial charge on any atom is 0.379 e. The van der Waals surface area contributed by atoms with Crippen molar-refractivity contribution in [2.24, 2.45) is 11.8 Å². The van der Waals surface area contributed by atoms with Gasteiger partial charge in [0.25, 0.3) is 5.78 Å². The van der Waals surface area contributed by atoms with E-state index in [-0.39, 0.29) is 45.9 Å². The molecule has 2 heterocycles. The maximum atomic E-state index is 13.5. The van der Waals surface area contributed by atoms with Gasteiger partial charge in [-0.15, -0.1) is 0 Å². The van der Waals surface area contributed by atoms with Crippen molar-refractivity contribution in [1.29, 1.82) is 0 Å². The van der Waals surface area contributed by atoms with Crippen LogP contribution in [0.25, 0.3) is 0 Å². The number of esters is 1. The zero-order valence-corrected chi connectivity index (χ0v) is 22.1.